The van der Waals surface area contributed by atoms with Crippen LogP contribution >= 0.6 is 0 Å². The van der Waals surface area contributed by atoms with E-state index < -0.39 is 23.7 Å². The first-order valence-corrected chi connectivity index (χ1v) is 13.2. The van der Waals surface area contributed by atoms with Crippen molar-refractivity contribution < 1.29 is 28.5 Å². The second-order valence-electron chi connectivity index (χ2n) is 10.6. The maximum absolute atomic E-state index is 12.9. The van der Waals surface area contributed by atoms with Crippen LogP contribution in [0.15, 0.2) is 60.7 Å². The molecule has 37 heavy (non-hydrogen) atoms. The summed E-state index contributed by atoms with van der Waals surface area (Å²) in [6, 6.07) is 18.8. The Kier molecular flexibility index (Phi) is 11.0. The highest BCUT2D eigenvalue weighted by atomic mass is 16.6. The molecule has 0 bridgehead atoms. The molecule has 0 saturated carbocycles. The Bertz CT molecular complexity index is 959. The van der Waals surface area contributed by atoms with E-state index in [4.69, 9.17) is 18.9 Å². The molecule has 1 fully saturated rings. The summed E-state index contributed by atoms with van der Waals surface area (Å²) in [7, 11) is 0. The van der Waals surface area contributed by atoms with Crippen LogP contribution in [0.2, 0.25) is 0 Å². The summed E-state index contributed by atoms with van der Waals surface area (Å²) in [4.78, 5) is 25.3. The molecule has 1 aliphatic heterocycles. The molecule has 3 rings (SSSR count). The summed E-state index contributed by atoms with van der Waals surface area (Å²) in [5.74, 6) is -0.137. The average molecular weight is 512 g/mol. The van der Waals surface area contributed by atoms with Crippen molar-refractivity contribution >= 4 is 12.1 Å². The van der Waals surface area contributed by atoms with Gasteiger partial charge >= 0.3 is 12.1 Å². The summed E-state index contributed by atoms with van der Waals surface area (Å²) in [5, 5.41) is 2.72. The number of hydrogen-bond donors (Lipinski definition) is 1. The minimum absolute atomic E-state index is 0.00556. The van der Waals surface area contributed by atoms with Crippen molar-refractivity contribution in [3.05, 3.63) is 71.8 Å². The molecular formula is C30H41NO6. The van der Waals surface area contributed by atoms with E-state index in [2.05, 4.69) is 12.2 Å². The molecule has 1 amide bonds. The predicted octanol–water partition coefficient (Wildman–Crippen LogP) is 5.80. The van der Waals surface area contributed by atoms with Gasteiger partial charge in [-0.1, -0.05) is 67.1 Å². The number of ether oxygens (including phenoxy) is 4. The lowest BCUT2D eigenvalue weighted by molar-refractivity contribution is -0.147. The Balaban J connectivity index is 1.52. The van der Waals surface area contributed by atoms with E-state index in [0.717, 1.165) is 30.4 Å². The van der Waals surface area contributed by atoms with Crippen LogP contribution in [0.1, 0.15) is 64.5 Å². The summed E-state index contributed by atoms with van der Waals surface area (Å²) < 4.78 is 23.0. The summed E-state index contributed by atoms with van der Waals surface area (Å²) in [5.41, 5.74) is 1.36. The van der Waals surface area contributed by atoms with E-state index in [9.17, 15) is 9.59 Å². The third-order valence-corrected chi connectivity index (χ3v) is 6.35. The number of nitrogens with one attached hydrogen (secondary N) is 1. The third-order valence-electron chi connectivity index (χ3n) is 6.35. The molecule has 0 unspecified atom stereocenters. The van der Waals surface area contributed by atoms with Crippen molar-refractivity contribution in [2.24, 2.45) is 5.92 Å². The standard InChI is InChI=1S/C30H41NO6/c1-22(35-20-23-12-7-5-8-13-23)27-25(18-19-34-27)16-11-17-26(31-29(33)37-30(2,3)4)28(32)36-21-24-14-9-6-10-15-24/h5-10,12-15,22,25-27H,11,16-21H2,1-4H3,(H,31,33)/t22-,25+,26-,27-/m0/s1. The van der Waals surface area contributed by atoms with Crippen LogP contribution < -0.4 is 5.32 Å². The van der Waals surface area contributed by atoms with Gasteiger partial charge in [0.05, 0.1) is 18.8 Å². The maximum Gasteiger partial charge on any atom is 0.408 e. The summed E-state index contributed by atoms with van der Waals surface area (Å²) in [6.07, 6.45) is 2.34. The van der Waals surface area contributed by atoms with Crippen molar-refractivity contribution in [3.8, 4) is 0 Å². The second kappa shape index (κ2) is 14.1. The van der Waals surface area contributed by atoms with Crippen molar-refractivity contribution in [1.29, 1.82) is 0 Å². The van der Waals surface area contributed by atoms with Gasteiger partial charge in [-0.05, 0) is 64.0 Å². The molecule has 0 aliphatic carbocycles. The van der Waals surface area contributed by atoms with Gasteiger partial charge in [0.15, 0.2) is 0 Å². The number of amides is 1. The first-order valence-electron chi connectivity index (χ1n) is 13.2. The molecule has 1 N–H and O–H groups in total. The van der Waals surface area contributed by atoms with Crippen LogP contribution in [0.25, 0.3) is 0 Å². The zero-order valence-corrected chi connectivity index (χ0v) is 22.5. The molecule has 0 spiro atoms. The molecule has 2 aromatic carbocycles. The fourth-order valence-electron chi connectivity index (χ4n) is 4.49. The lowest BCUT2D eigenvalue weighted by Gasteiger charge is -2.26. The van der Waals surface area contributed by atoms with Gasteiger partial charge in [-0.25, -0.2) is 9.59 Å². The molecule has 2 aromatic rings. The maximum atomic E-state index is 12.9. The van der Waals surface area contributed by atoms with Crippen LogP contribution in [-0.4, -0.2) is 42.5 Å². The number of benzene rings is 2. The first-order chi connectivity index (χ1) is 17.7. The highest BCUT2D eigenvalue weighted by Gasteiger charge is 2.34. The van der Waals surface area contributed by atoms with Crippen molar-refractivity contribution in [1.82, 2.24) is 5.32 Å². The van der Waals surface area contributed by atoms with Crippen LogP contribution in [0.4, 0.5) is 4.79 Å². The highest BCUT2D eigenvalue weighted by molar-refractivity contribution is 5.81. The number of alkyl carbamates (subject to hydrolysis) is 1. The number of hydrogen-bond acceptors (Lipinski definition) is 6. The van der Waals surface area contributed by atoms with E-state index in [0.29, 0.717) is 25.6 Å². The second-order valence-corrected chi connectivity index (χ2v) is 10.6. The van der Waals surface area contributed by atoms with Crippen LogP contribution in [-0.2, 0) is 37.0 Å². The normalized spacial score (nSPS) is 19.1. The van der Waals surface area contributed by atoms with E-state index in [1.54, 1.807) is 20.8 Å². The minimum Gasteiger partial charge on any atom is -0.459 e. The number of rotatable bonds is 12. The number of carbonyl (C=O) groups is 2. The largest absolute Gasteiger partial charge is 0.459 e. The Labute approximate surface area is 220 Å². The SMILES string of the molecule is C[C@H](OCc1ccccc1)[C@@H]1OCC[C@H]1CCC[C@H](NC(=O)OC(C)(C)C)C(=O)OCc1ccccc1. The summed E-state index contributed by atoms with van der Waals surface area (Å²) >= 11 is 0. The fourth-order valence-corrected chi connectivity index (χ4v) is 4.49. The smallest absolute Gasteiger partial charge is 0.408 e. The monoisotopic (exact) mass is 511 g/mol. The molecular weight excluding hydrogens is 470 g/mol. The average Bonchev–Trinajstić information content (AvgIpc) is 3.34. The van der Waals surface area contributed by atoms with Gasteiger partial charge in [-0.15, -0.1) is 0 Å². The van der Waals surface area contributed by atoms with E-state index >= 15 is 0 Å². The Morgan fingerprint density at radius 3 is 2.24 bits per heavy atom. The van der Waals surface area contributed by atoms with Gasteiger partial charge in [0, 0.05) is 6.61 Å². The molecule has 0 radical (unpaired) electrons. The van der Waals surface area contributed by atoms with E-state index in [-0.39, 0.29) is 18.8 Å². The molecule has 202 valence electrons. The summed E-state index contributed by atoms with van der Waals surface area (Å²) in [6.45, 7) is 8.82. The van der Waals surface area contributed by atoms with Crippen LogP contribution in [0.3, 0.4) is 0 Å². The quantitative estimate of drug-likeness (QED) is 0.363. The van der Waals surface area contributed by atoms with Gasteiger partial charge in [-0.2, -0.15) is 0 Å². The van der Waals surface area contributed by atoms with Gasteiger partial charge < -0.3 is 24.3 Å². The van der Waals surface area contributed by atoms with Crippen molar-refractivity contribution in [2.75, 3.05) is 6.61 Å². The van der Waals surface area contributed by atoms with Gasteiger partial charge in [0.25, 0.3) is 0 Å². The molecule has 1 saturated heterocycles. The molecule has 4 atom stereocenters. The highest BCUT2D eigenvalue weighted by Crippen LogP contribution is 2.30. The number of esters is 1. The lowest BCUT2D eigenvalue weighted by Crippen LogP contribution is -2.44. The van der Waals surface area contributed by atoms with Crippen molar-refractivity contribution in [2.45, 2.75) is 90.4 Å². The van der Waals surface area contributed by atoms with Gasteiger partial charge in [-0.3, -0.25) is 0 Å². The lowest BCUT2D eigenvalue weighted by atomic mass is 9.91. The third kappa shape index (κ3) is 10.2. The van der Waals surface area contributed by atoms with E-state index in [1.807, 2.05) is 60.7 Å². The molecule has 7 nitrogen and oxygen atoms in total. The zero-order valence-electron chi connectivity index (χ0n) is 22.5. The fraction of sp³-hybridized carbons (Fsp3) is 0.533. The topological polar surface area (TPSA) is 83.1 Å². The molecule has 1 heterocycles. The van der Waals surface area contributed by atoms with Crippen molar-refractivity contribution in [3.63, 3.8) is 0 Å². The zero-order chi connectivity index (χ0) is 26.7. The van der Waals surface area contributed by atoms with Crippen LogP contribution in [0.5, 0.6) is 0 Å². The minimum atomic E-state index is -0.786. The van der Waals surface area contributed by atoms with Gasteiger partial charge in [0.2, 0.25) is 0 Å². The van der Waals surface area contributed by atoms with Crippen LogP contribution in [0, 0.1) is 5.92 Å². The van der Waals surface area contributed by atoms with E-state index in [1.165, 1.54) is 0 Å². The van der Waals surface area contributed by atoms with Gasteiger partial charge in [0.1, 0.15) is 18.2 Å². The Morgan fingerprint density at radius 2 is 1.62 bits per heavy atom. The predicted molar refractivity (Wildman–Crippen MR) is 142 cm³/mol. The Hall–Kier alpha value is -2.90. The molecule has 1 aliphatic rings. The first kappa shape index (κ1) is 28.7. The Morgan fingerprint density at radius 1 is 1.00 bits per heavy atom. The molecule has 7 heteroatoms. The number of carbonyl (C=O) groups excluding carboxylic acids is 2. The molecule has 0 aromatic heterocycles.